The molecule has 0 spiro atoms. The Balaban J connectivity index is 2.24. The highest BCUT2D eigenvalue weighted by Gasteiger charge is 2.11. The molecule has 0 heteroatoms. The van der Waals surface area contributed by atoms with Crippen molar-refractivity contribution in [3.8, 4) is 0 Å². The molecule has 1 aliphatic carbocycles. The van der Waals surface area contributed by atoms with Crippen molar-refractivity contribution in [2.45, 2.75) is 84.5 Å². The van der Waals surface area contributed by atoms with E-state index in [4.69, 9.17) is 0 Å². The van der Waals surface area contributed by atoms with Crippen molar-refractivity contribution < 1.29 is 0 Å². The van der Waals surface area contributed by atoms with Gasteiger partial charge < -0.3 is 0 Å². The first kappa shape index (κ1) is 13.8. The average Bonchev–Trinajstić information content (AvgIpc) is 2.34. The fourth-order valence-corrected chi connectivity index (χ4v) is 2.79. The molecule has 1 saturated carbocycles. The van der Waals surface area contributed by atoms with Crippen LogP contribution >= 0.6 is 0 Å². The van der Waals surface area contributed by atoms with Crippen LogP contribution in [0.3, 0.4) is 0 Å². The van der Waals surface area contributed by atoms with Crippen LogP contribution in [0.5, 0.6) is 0 Å². The van der Waals surface area contributed by atoms with Crippen LogP contribution in [-0.2, 0) is 0 Å². The van der Waals surface area contributed by atoms with E-state index in [-0.39, 0.29) is 0 Å². The highest BCUT2D eigenvalue weighted by Crippen LogP contribution is 2.27. The first-order valence-electron chi connectivity index (χ1n) is 7.56. The van der Waals surface area contributed by atoms with Crippen LogP contribution in [-0.4, -0.2) is 0 Å². The molecule has 0 saturated heterocycles. The number of rotatable bonds is 7. The van der Waals surface area contributed by atoms with Gasteiger partial charge in [-0.15, -0.1) is 0 Å². The molecule has 0 aliphatic heterocycles. The number of allylic oxidation sites excluding steroid dienone is 2. The zero-order valence-corrected chi connectivity index (χ0v) is 11.4. The Morgan fingerprint density at radius 1 is 1.00 bits per heavy atom. The SMILES string of the molecule is CCCCCC/C(=C\C1CCCCC1)CC. The molecule has 0 N–H and O–H groups in total. The van der Waals surface area contributed by atoms with Crippen molar-refractivity contribution in [2.75, 3.05) is 0 Å². The van der Waals surface area contributed by atoms with Gasteiger partial charge in [0.1, 0.15) is 0 Å². The monoisotopic (exact) mass is 222 g/mol. The van der Waals surface area contributed by atoms with Crippen molar-refractivity contribution in [3.05, 3.63) is 11.6 Å². The Morgan fingerprint density at radius 2 is 1.75 bits per heavy atom. The Morgan fingerprint density at radius 3 is 2.38 bits per heavy atom. The second-order valence-electron chi connectivity index (χ2n) is 5.39. The molecule has 0 aromatic carbocycles. The predicted molar refractivity (Wildman–Crippen MR) is 73.7 cm³/mol. The molecule has 0 radical (unpaired) electrons. The van der Waals surface area contributed by atoms with Crippen molar-refractivity contribution in [2.24, 2.45) is 5.92 Å². The van der Waals surface area contributed by atoms with Gasteiger partial charge in [-0.3, -0.25) is 0 Å². The maximum atomic E-state index is 2.63. The summed E-state index contributed by atoms with van der Waals surface area (Å²) in [7, 11) is 0. The van der Waals surface area contributed by atoms with Crippen LogP contribution in [0.2, 0.25) is 0 Å². The minimum atomic E-state index is 0.926. The number of hydrogen-bond acceptors (Lipinski definition) is 0. The summed E-state index contributed by atoms with van der Waals surface area (Å²) in [6, 6.07) is 0. The molecular formula is C16H30. The van der Waals surface area contributed by atoms with Gasteiger partial charge in [-0.2, -0.15) is 0 Å². The molecule has 0 heterocycles. The molecular weight excluding hydrogens is 192 g/mol. The fourth-order valence-electron chi connectivity index (χ4n) is 2.79. The van der Waals surface area contributed by atoms with Gasteiger partial charge >= 0.3 is 0 Å². The van der Waals surface area contributed by atoms with Crippen molar-refractivity contribution in [1.82, 2.24) is 0 Å². The predicted octanol–water partition coefficient (Wildman–Crippen LogP) is 5.87. The largest absolute Gasteiger partial charge is 0.0822 e. The molecule has 0 nitrogen and oxygen atoms in total. The van der Waals surface area contributed by atoms with E-state index in [2.05, 4.69) is 19.9 Å². The third kappa shape index (κ3) is 5.72. The van der Waals surface area contributed by atoms with E-state index in [1.807, 2.05) is 0 Å². The van der Waals surface area contributed by atoms with Gasteiger partial charge in [0.05, 0.1) is 0 Å². The lowest BCUT2D eigenvalue weighted by Gasteiger charge is -2.19. The Bertz CT molecular complexity index is 184. The number of hydrogen-bond donors (Lipinski definition) is 0. The van der Waals surface area contributed by atoms with Crippen LogP contribution in [0.25, 0.3) is 0 Å². The van der Waals surface area contributed by atoms with Gasteiger partial charge in [-0.05, 0) is 38.0 Å². The molecule has 0 aromatic heterocycles. The van der Waals surface area contributed by atoms with Crippen LogP contribution in [0.15, 0.2) is 11.6 Å². The van der Waals surface area contributed by atoms with Crippen molar-refractivity contribution in [1.29, 1.82) is 0 Å². The zero-order valence-electron chi connectivity index (χ0n) is 11.4. The molecule has 0 amide bonds. The highest BCUT2D eigenvalue weighted by atomic mass is 14.2. The molecule has 0 aromatic rings. The first-order valence-corrected chi connectivity index (χ1v) is 7.56. The van der Waals surface area contributed by atoms with E-state index < -0.39 is 0 Å². The van der Waals surface area contributed by atoms with E-state index in [0.717, 1.165) is 5.92 Å². The van der Waals surface area contributed by atoms with Crippen molar-refractivity contribution >= 4 is 0 Å². The summed E-state index contributed by atoms with van der Waals surface area (Å²) >= 11 is 0. The van der Waals surface area contributed by atoms with Crippen LogP contribution in [0.4, 0.5) is 0 Å². The quantitative estimate of drug-likeness (QED) is 0.373. The van der Waals surface area contributed by atoms with Gasteiger partial charge in [0.25, 0.3) is 0 Å². The summed E-state index contributed by atoms with van der Waals surface area (Å²) in [6.45, 7) is 4.62. The fraction of sp³-hybridized carbons (Fsp3) is 0.875. The first-order chi connectivity index (χ1) is 7.86. The standard InChI is InChI=1S/C16H30/c1-3-5-6-8-11-15(4-2)14-16-12-9-7-10-13-16/h14,16H,3-13H2,1-2H3/b15-14-. The van der Waals surface area contributed by atoms with E-state index in [1.54, 1.807) is 5.57 Å². The topological polar surface area (TPSA) is 0 Å². The second-order valence-corrected chi connectivity index (χ2v) is 5.39. The van der Waals surface area contributed by atoms with Gasteiger partial charge in [0.15, 0.2) is 0 Å². The van der Waals surface area contributed by atoms with Crippen LogP contribution in [0.1, 0.15) is 84.5 Å². The normalized spacial score (nSPS) is 19.0. The lowest BCUT2D eigenvalue weighted by molar-refractivity contribution is 0.416. The summed E-state index contributed by atoms with van der Waals surface area (Å²) in [5, 5.41) is 0. The highest BCUT2D eigenvalue weighted by molar-refractivity contribution is 5.04. The summed E-state index contributed by atoms with van der Waals surface area (Å²) in [5.41, 5.74) is 1.74. The Labute approximate surface area is 103 Å². The van der Waals surface area contributed by atoms with Crippen molar-refractivity contribution in [3.63, 3.8) is 0 Å². The lowest BCUT2D eigenvalue weighted by atomic mass is 9.87. The Hall–Kier alpha value is -0.260. The summed E-state index contributed by atoms with van der Waals surface area (Å²) < 4.78 is 0. The average molecular weight is 222 g/mol. The smallest absolute Gasteiger partial charge is 0.0231 e. The van der Waals surface area contributed by atoms with E-state index in [0.29, 0.717) is 0 Å². The van der Waals surface area contributed by atoms with Gasteiger partial charge in [-0.25, -0.2) is 0 Å². The van der Waals surface area contributed by atoms with Gasteiger partial charge in [-0.1, -0.05) is 64.0 Å². The summed E-state index contributed by atoms with van der Waals surface area (Å²) in [6.07, 6.45) is 18.2. The molecule has 0 unspecified atom stereocenters. The minimum absolute atomic E-state index is 0.926. The maximum absolute atomic E-state index is 2.63. The third-order valence-electron chi connectivity index (χ3n) is 3.93. The third-order valence-corrected chi connectivity index (χ3v) is 3.93. The molecule has 16 heavy (non-hydrogen) atoms. The lowest BCUT2D eigenvalue weighted by Crippen LogP contribution is -2.04. The van der Waals surface area contributed by atoms with Crippen LogP contribution < -0.4 is 0 Å². The zero-order chi connectivity index (χ0) is 11.6. The van der Waals surface area contributed by atoms with E-state index in [1.165, 1.54) is 70.6 Å². The van der Waals surface area contributed by atoms with Crippen LogP contribution in [0, 0.1) is 5.92 Å². The summed E-state index contributed by atoms with van der Waals surface area (Å²) in [4.78, 5) is 0. The molecule has 1 fully saturated rings. The molecule has 1 rings (SSSR count). The molecule has 0 bridgehead atoms. The molecule has 1 aliphatic rings. The Kier molecular flexibility index (Phi) is 7.63. The minimum Gasteiger partial charge on any atom is -0.0822 e. The summed E-state index contributed by atoms with van der Waals surface area (Å²) in [5.74, 6) is 0.926. The second kappa shape index (κ2) is 8.84. The van der Waals surface area contributed by atoms with Gasteiger partial charge in [0.2, 0.25) is 0 Å². The molecule has 0 atom stereocenters. The van der Waals surface area contributed by atoms with E-state index >= 15 is 0 Å². The van der Waals surface area contributed by atoms with Gasteiger partial charge in [0, 0.05) is 0 Å². The van der Waals surface area contributed by atoms with E-state index in [9.17, 15) is 0 Å². The molecule has 94 valence electrons. The number of unbranched alkanes of at least 4 members (excludes halogenated alkanes) is 3. The maximum Gasteiger partial charge on any atom is -0.0231 e.